The number of nitrogens with one attached hydrogen (secondary N) is 2. The standard InChI is InChI=1S/C14H17F3N2O/c1-18-13(20)10-2-3-12(14(15,16)17)11(8-10)9-4-6-19-7-5-9/h2-3,8-9,19H,4-7H2,1H3,(H,18,20). The molecule has 0 unspecified atom stereocenters. The van der Waals surface area contributed by atoms with E-state index < -0.39 is 11.7 Å². The fourth-order valence-corrected chi connectivity index (χ4v) is 2.58. The van der Waals surface area contributed by atoms with Crippen molar-refractivity contribution in [2.45, 2.75) is 24.9 Å². The normalized spacial score (nSPS) is 17.0. The van der Waals surface area contributed by atoms with Gasteiger partial charge in [-0.05, 0) is 55.6 Å². The maximum Gasteiger partial charge on any atom is 0.416 e. The minimum absolute atomic E-state index is 0.155. The van der Waals surface area contributed by atoms with E-state index in [-0.39, 0.29) is 23.0 Å². The van der Waals surface area contributed by atoms with Gasteiger partial charge in [0.25, 0.3) is 5.91 Å². The van der Waals surface area contributed by atoms with Crippen LogP contribution in [0.5, 0.6) is 0 Å². The van der Waals surface area contributed by atoms with Gasteiger partial charge in [0.05, 0.1) is 5.56 Å². The van der Waals surface area contributed by atoms with Gasteiger partial charge in [-0.3, -0.25) is 4.79 Å². The van der Waals surface area contributed by atoms with Crippen molar-refractivity contribution in [1.82, 2.24) is 10.6 Å². The van der Waals surface area contributed by atoms with Crippen LogP contribution in [0.4, 0.5) is 13.2 Å². The van der Waals surface area contributed by atoms with Gasteiger partial charge in [-0.2, -0.15) is 13.2 Å². The lowest BCUT2D eigenvalue weighted by Crippen LogP contribution is -2.28. The number of carbonyl (C=O) groups is 1. The lowest BCUT2D eigenvalue weighted by atomic mass is 9.86. The van der Waals surface area contributed by atoms with E-state index >= 15 is 0 Å². The minimum Gasteiger partial charge on any atom is -0.355 e. The van der Waals surface area contributed by atoms with E-state index in [0.29, 0.717) is 25.9 Å². The largest absolute Gasteiger partial charge is 0.416 e. The first-order valence-electron chi connectivity index (χ1n) is 6.57. The third kappa shape index (κ3) is 3.12. The molecule has 0 saturated carbocycles. The van der Waals surface area contributed by atoms with E-state index in [4.69, 9.17) is 0 Å². The number of alkyl halides is 3. The molecule has 6 heteroatoms. The van der Waals surface area contributed by atoms with Gasteiger partial charge in [0.1, 0.15) is 0 Å². The molecule has 2 N–H and O–H groups in total. The molecule has 1 heterocycles. The molecule has 0 atom stereocenters. The molecule has 2 rings (SSSR count). The number of carbonyl (C=O) groups excluding carboxylic acids is 1. The highest BCUT2D eigenvalue weighted by Gasteiger charge is 2.35. The van der Waals surface area contributed by atoms with Crippen molar-refractivity contribution in [2.24, 2.45) is 0 Å². The summed E-state index contributed by atoms with van der Waals surface area (Å²) in [4.78, 5) is 11.6. The van der Waals surface area contributed by atoms with Gasteiger partial charge in [0.15, 0.2) is 0 Å². The van der Waals surface area contributed by atoms with Crippen LogP contribution in [0.25, 0.3) is 0 Å². The third-order valence-corrected chi connectivity index (χ3v) is 3.63. The second-order valence-electron chi connectivity index (χ2n) is 4.90. The minimum atomic E-state index is -4.39. The van der Waals surface area contributed by atoms with Crippen LogP contribution in [0.1, 0.15) is 40.2 Å². The van der Waals surface area contributed by atoms with E-state index in [2.05, 4.69) is 10.6 Å². The molecule has 0 aromatic heterocycles. The fraction of sp³-hybridized carbons (Fsp3) is 0.500. The van der Waals surface area contributed by atoms with E-state index in [1.807, 2.05) is 0 Å². The Hall–Kier alpha value is -1.56. The Kier molecular flexibility index (Phi) is 4.32. The number of piperidine rings is 1. The Morgan fingerprint density at radius 1 is 1.30 bits per heavy atom. The number of hydrogen-bond acceptors (Lipinski definition) is 2. The Bertz CT molecular complexity index is 494. The average molecular weight is 286 g/mol. The van der Waals surface area contributed by atoms with Crippen LogP contribution in [-0.2, 0) is 6.18 Å². The average Bonchev–Trinajstić information content (AvgIpc) is 2.45. The molecule has 1 fully saturated rings. The highest BCUT2D eigenvalue weighted by Crippen LogP contribution is 2.38. The third-order valence-electron chi connectivity index (χ3n) is 3.63. The molecule has 1 amide bonds. The summed E-state index contributed by atoms with van der Waals surface area (Å²) in [5.41, 5.74) is -0.119. The predicted molar refractivity (Wildman–Crippen MR) is 69.7 cm³/mol. The summed E-state index contributed by atoms with van der Waals surface area (Å²) in [6.07, 6.45) is -3.08. The SMILES string of the molecule is CNC(=O)c1ccc(C(F)(F)F)c(C2CCNCC2)c1. The molecule has 0 spiro atoms. The molecule has 0 bridgehead atoms. The van der Waals surface area contributed by atoms with Crippen LogP contribution in [0.2, 0.25) is 0 Å². The molecule has 20 heavy (non-hydrogen) atoms. The summed E-state index contributed by atoms with van der Waals surface area (Å²) in [6.45, 7) is 1.40. The molecule has 3 nitrogen and oxygen atoms in total. The Labute approximate surface area is 115 Å². The van der Waals surface area contributed by atoms with Crippen molar-refractivity contribution in [3.05, 3.63) is 34.9 Å². The quantitative estimate of drug-likeness (QED) is 0.877. The smallest absolute Gasteiger partial charge is 0.355 e. The first-order valence-corrected chi connectivity index (χ1v) is 6.57. The summed E-state index contributed by atoms with van der Waals surface area (Å²) in [6, 6.07) is 3.63. The lowest BCUT2D eigenvalue weighted by molar-refractivity contribution is -0.138. The Balaban J connectivity index is 2.44. The van der Waals surface area contributed by atoms with Crippen LogP contribution in [0.15, 0.2) is 18.2 Å². The Morgan fingerprint density at radius 3 is 2.50 bits per heavy atom. The van der Waals surface area contributed by atoms with Gasteiger partial charge in [-0.15, -0.1) is 0 Å². The summed E-state index contributed by atoms with van der Waals surface area (Å²) >= 11 is 0. The van der Waals surface area contributed by atoms with Gasteiger partial charge in [-0.25, -0.2) is 0 Å². The first kappa shape index (κ1) is 14.8. The van der Waals surface area contributed by atoms with Crippen LogP contribution >= 0.6 is 0 Å². The van der Waals surface area contributed by atoms with E-state index in [0.717, 1.165) is 6.07 Å². The fourth-order valence-electron chi connectivity index (χ4n) is 2.58. The highest BCUT2D eigenvalue weighted by atomic mass is 19.4. The van der Waals surface area contributed by atoms with Crippen molar-refractivity contribution in [3.8, 4) is 0 Å². The molecule has 110 valence electrons. The summed E-state index contributed by atoms with van der Waals surface area (Å²) in [5, 5.41) is 5.57. The zero-order valence-electron chi connectivity index (χ0n) is 11.2. The zero-order chi connectivity index (χ0) is 14.8. The summed E-state index contributed by atoms with van der Waals surface area (Å²) < 4.78 is 39.3. The molecule has 1 aromatic rings. The second kappa shape index (κ2) is 5.83. The van der Waals surface area contributed by atoms with Crippen molar-refractivity contribution in [3.63, 3.8) is 0 Å². The zero-order valence-corrected chi connectivity index (χ0v) is 11.2. The second-order valence-corrected chi connectivity index (χ2v) is 4.90. The molecule has 1 aliphatic rings. The van der Waals surface area contributed by atoms with Gasteiger partial charge >= 0.3 is 6.18 Å². The highest BCUT2D eigenvalue weighted by molar-refractivity contribution is 5.94. The topological polar surface area (TPSA) is 41.1 Å². The monoisotopic (exact) mass is 286 g/mol. The first-order chi connectivity index (χ1) is 9.43. The number of benzene rings is 1. The van der Waals surface area contributed by atoms with E-state index in [9.17, 15) is 18.0 Å². The number of amides is 1. The molecule has 1 saturated heterocycles. The maximum atomic E-state index is 13.1. The molecular weight excluding hydrogens is 269 g/mol. The number of hydrogen-bond donors (Lipinski definition) is 2. The van der Waals surface area contributed by atoms with Crippen molar-refractivity contribution >= 4 is 5.91 Å². The summed E-state index contributed by atoms with van der Waals surface area (Å²) in [7, 11) is 1.46. The van der Waals surface area contributed by atoms with Crippen molar-refractivity contribution < 1.29 is 18.0 Å². The molecule has 1 aromatic carbocycles. The van der Waals surface area contributed by atoms with E-state index in [1.54, 1.807) is 0 Å². The van der Waals surface area contributed by atoms with Crippen LogP contribution in [-0.4, -0.2) is 26.0 Å². The maximum absolute atomic E-state index is 13.1. The van der Waals surface area contributed by atoms with Gasteiger partial charge in [-0.1, -0.05) is 0 Å². The van der Waals surface area contributed by atoms with Crippen molar-refractivity contribution in [2.75, 3.05) is 20.1 Å². The predicted octanol–water partition coefficient (Wildman–Crippen LogP) is 2.53. The Morgan fingerprint density at radius 2 is 1.95 bits per heavy atom. The molecule has 0 aliphatic carbocycles. The summed E-state index contributed by atoms with van der Waals surface area (Å²) in [5.74, 6) is -0.522. The lowest BCUT2D eigenvalue weighted by Gasteiger charge is -2.26. The molecular formula is C14H17F3N2O. The number of rotatable bonds is 2. The molecule has 0 radical (unpaired) electrons. The molecule has 1 aliphatic heterocycles. The van der Waals surface area contributed by atoms with E-state index in [1.165, 1.54) is 19.2 Å². The van der Waals surface area contributed by atoms with Crippen molar-refractivity contribution in [1.29, 1.82) is 0 Å². The van der Waals surface area contributed by atoms with Crippen LogP contribution in [0.3, 0.4) is 0 Å². The van der Waals surface area contributed by atoms with Gasteiger partial charge in [0.2, 0.25) is 0 Å². The van der Waals surface area contributed by atoms with Gasteiger partial charge < -0.3 is 10.6 Å². The van der Waals surface area contributed by atoms with Crippen LogP contribution in [0, 0.1) is 0 Å². The number of halogens is 3. The van der Waals surface area contributed by atoms with Crippen LogP contribution < -0.4 is 10.6 Å². The van der Waals surface area contributed by atoms with Gasteiger partial charge in [0, 0.05) is 12.6 Å².